The van der Waals surface area contributed by atoms with Gasteiger partial charge in [0.05, 0.1) is 0 Å². The molecule has 2 aromatic carbocycles. The van der Waals surface area contributed by atoms with Gasteiger partial charge in [-0.15, -0.1) is 0 Å². The lowest BCUT2D eigenvalue weighted by molar-refractivity contribution is 0.257. The molecule has 5 nitrogen and oxygen atoms in total. The highest BCUT2D eigenvalue weighted by Crippen LogP contribution is 2.31. The quantitative estimate of drug-likeness (QED) is 0.727. The summed E-state index contributed by atoms with van der Waals surface area (Å²) in [6.07, 6.45) is 2.81. The highest BCUT2D eigenvalue weighted by Gasteiger charge is 2.26. The van der Waals surface area contributed by atoms with Crippen LogP contribution in [0.3, 0.4) is 0 Å². The van der Waals surface area contributed by atoms with Crippen LogP contribution >= 0.6 is 0 Å². The van der Waals surface area contributed by atoms with Gasteiger partial charge in [0.2, 0.25) is 0 Å². The van der Waals surface area contributed by atoms with Crippen LogP contribution in [0.25, 0.3) is 0 Å². The molecule has 0 amide bonds. The summed E-state index contributed by atoms with van der Waals surface area (Å²) in [6.45, 7) is 10.00. The third-order valence-corrected chi connectivity index (χ3v) is 5.02. The molecule has 0 spiro atoms. The molecule has 1 fully saturated rings. The van der Waals surface area contributed by atoms with Crippen LogP contribution in [0.15, 0.2) is 42.5 Å². The summed E-state index contributed by atoms with van der Waals surface area (Å²) < 4.78 is 6.02. The molecule has 3 rings (SSSR count). The first-order chi connectivity index (χ1) is 13.6. The van der Waals surface area contributed by atoms with Crippen molar-refractivity contribution in [2.45, 2.75) is 52.9 Å². The Morgan fingerprint density at radius 3 is 2.41 bits per heavy atom. The number of rotatable bonds is 6. The third-order valence-electron chi connectivity index (χ3n) is 5.02. The van der Waals surface area contributed by atoms with Crippen LogP contribution in [0, 0.1) is 19.3 Å². The molecule has 0 saturated carbocycles. The van der Waals surface area contributed by atoms with E-state index >= 15 is 0 Å². The second-order valence-electron chi connectivity index (χ2n) is 7.08. The van der Waals surface area contributed by atoms with E-state index in [2.05, 4.69) is 43.0 Å². The zero-order valence-electron chi connectivity index (χ0n) is 18.2. The number of piperidine rings is 1. The largest absolute Gasteiger partial charge is 0.457 e. The fourth-order valence-electron chi connectivity index (χ4n) is 3.59. The van der Waals surface area contributed by atoms with E-state index < -0.39 is 0 Å². The van der Waals surface area contributed by atoms with Crippen molar-refractivity contribution < 1.29 is 15.3 Å². The Morgan fingerprint density at radius 1 is 1.10 bits per heavy atom. The molecule has 1 heterocycles. The van der Waals surface area contributed by atoms with E-state index in [0.717, 1.165) is 55.0 Å². The lowest BCUT2D eigenvalue weighted by Crippen LogP contribution is -2.40. The first-order valence-electron chi connectivity index (χ1n) is 10.4. The van der Waals surface area contributed by atoms with Gasteiger partial charge < -0.3 is 20.2 Å². The molecule has 0 aromatic heterocycles. The summed E-state index contributed by atoms with van der Waals surface area (Å²) in [5.41, 5.74) is 3.52. The van der Waals surface area contributed by atoms with E-state index in [-0.39, 0.29) is 18.0 Å². The van der Waals surface area contributed by atoms with Gasteiger partial charge in [0, 0.05) is 25.6 Å². The van der Waals surface area contributed by atoms with Gasteiger partial charge >= 0.3 is 0 Å². The molecule has 1 aliphatic rings. The number of aliphatic hydroxyl groups excluding tert-OH is 1. The molecule has 1 unspecified atom stereocenters. The van der Waals surface area contributed by atoms with Crippen molar-refractivity contribution in [2.75, 3.05) is 19.7 Å². The van der Waals surface area contributed by atoms with E-state index in [1.807, 2.05) is 32.0 Å². The predicted molar refractivity (Wildman–Crippen MR) is 120 cm³/mol. The predicted octanol–water partition coefficient (Wildman–Crippen LogP) is 4.84. The van der Waals surface area contributed by atoms with Crippen molar-refractivity contribution in [3.8, 4) is 11.5 Å². The topological polar surface area (TPSA) is 88.1 Å². The fraction of sp³-hybridized carbons (Fsp3) is 0.458. The molecule has 5 heteroatoms. The highest BCUT2D eigenvalue weighted by atomic mass is 16.5. The second kappa shape index (κ2) is 12.2. The smallest absolute Gasteiger partial charge is 0.130 e. The molecule has 0 radical (unpaired) electrons. The zero-order valence-corrected chi connectivity index (χ0v) is 18.2. The number of nitrogens with one attached hydrogen (secondary N) is 1. The SMILES string of the molecule is CC.Cc1ccc(Oc2ccc(C3CCCN(CCCO)C3=N)cc2)c(C)c1.O. The summed E-state index contributed by atoms with van der Waals surface area (Å²) in [5, 5.41) is 17.6. The van der Waals surface area contributed by atoms with Crippen molar-refractivity contribution in [2.24, 2.45) is 0 Å². The average molecular weight is 401 g/mol. The lowest BCUT2D eigenvalue weighted by atomic mass is 9.89. The fourth-order valence-corrected chi connectivity index (χ4v) is 3.59. The number of aliphatic hydroxyl groups is 1. The van der Waals surface area contributed by atoms with Gasteiger partial charge in [0.15, 0.2) is 0 Å². The summed E-state index contributed by atoms with van der Waals surface area (Å²) >= 11 is 0. The van der Waals surface area contributed by atoms with E-state index in [1.165, 1.54) is 5.56 Å². The van der Waals surface area contributed by atoms with Crippen LogP contribution in [-0.2, 0) is 0 Å². The van der Waals surface area contributed by atoms with Crippen molar-refractivity contribution in [1.82, 2.24) is 4.90 Å². The van der Waals surface area contributed by atoms with Crippen LogP contribution in [0.5, 0.6) is 11.5 Å². The van der Waals surface area contributed by atoms with Gasteiger partial charge in [-0.2, -0.15) is 0 Å². The molecule has 1 saturated heterocycles. The number of likely N-dealkylation sites (tertiary alicyclic amines) is 1. The Kier molecular flexibility index (Phi) is 10.4. The van der Waals surface area contributed by atoms with Crippen molar-refractivity contribution in [1.29, 1.82) is 5.41 Å². The number of amidine groups is 1. The molecule has 29 heavy (non-hydrogen) atoms. The Balaban J connectivity index is 0.00000136. The lowest BCUT2D eigenvalue weighted by Gasteiger charge is -2.35. The molecular weight excluding hydrogens is 364 g/mol. The monoisotopic (exact) mass is 400 g/mol. The van der Waals surface area contributed by atoms with Gasteiger partial charge in [-0.1, -0.05) is 43.7 Å². The Labute approximate surface area is 175 Å². The Hall–Kier alpha value is -2.37. The van der Waals surface area contributed by atoms with Crippen LogP contribution in [0.2, 0.25) is 0 Å². The minimum Gasteiger partial charge on any atom is -0.457 e. The van der Waals surface area contributed by atoms with Crippen LogP contribution in [0.4, 0.5) is 0 Å². The number of hydrogen-bond acceptors (Lipinski definition) is 3. The molecule has 0 bridgehead atoms. The first-order valence-corrected chi connectivity index (χ1v) is 10.4. The molecule has 160 valence electrons. The number of benzene rings is 2. The van der Waals surface area contributed by atoms with Crippen molar-refractivity contribution >= 4 is 5.84 Å². The van der Waals surface area contributed by atoms with Crippen molar-refractivity contribution in [3.63, 3.8) is 0 Å². The summed E-state index contributed by atoms with van der Waals surface area (Å²) in [4.78, 5) is 2.10. The van der Waals surface area contributed by atoms with E-state index in [4.69, 9.17) is 15.3 Å². The van der Waals surface area contributed by atoms with E-state index in [9.17, 15) is 0 Å². The summed E-state index contributed by atoms with van der Waals surface area (Å²) in [7, 11) is 0. The summed E-state index contributed by atoms with van der Waals surface area (Å²) in [6, 6.07) is 14.3. The molecular formula is C24H36N2O3. The van der Waals surface area contributed by atoms with Gasteiger partial charge in [-0.05, 0) is 62.4 Å². The van der Waals surface area contributed by atoms with E-state index in [0.29, 0.717) is 5.84 Å². The Morgan fingerprint density at radius 2 is 1.79 bits per heavy atom. The Bertz CT molecular complexity index is 759. The minimum absolute atomic E-state index is 0. The number of ether oxygens (including phenoxy) is 1. The summed E-state index contributed by atoms with van der Waals surface area (Å²) in [5.74, 6) is 2.51. The van der Waals surface area contributed by atoms with Crippen LogP contribution in [-0.4, -0.2) is 41.0 Å². The maximum absolute atomic E-state index is 9.04. The average Bonchev–Trinajstić information content (AvgIpc) is 2.71. The number of hydrogen-bond donors (Lipinski definition) is 2. The third kappa shape index (κ3) is 6.58. The standard InChI is InChI=1S/C22H28N2O2.C2H6.H2O/c1-16-6-11-21(17(2)15-16)26-19-9-7-18(8-10-19)20-5-3-12-24(22(20)23)13-4-14-25;1-2;/h6-11,15,20,23,25H,3-5,12-14H2,1-2H3;1-2H3;1H2. The van der Waals surface area contributed by atoms with Gasteiger partial charge in [-0.3, -0.25) is 5.41 Å². The molecule has 4 N–H and O–H groups in total. The minimum atomic E-state index is 0. The molecule has 0 aliphatic carbocycles. The highest BCUT2D eigenvalue weighted by molar-refractivity contribution is 5.87. The second-order valence-corrected chi connectivity index (χ2v) is 7.08. The van der Waals surface area contributed by atoms with Crippen LogP contribution < -0.4 is 4.74 Å². The first kappa shape index (κ1) is 24.7. The van der Waals surface area contributed by atoms with E-state index in [1.54, 1.807) is 0 Å². The molecule has 1 atom stereocenters. The van der Waals surface area contributed by atoms with Crippen LogP contribution in [0.1, 0.15) is 55.7 Å². The normalized spacial score (nSPS) is 15.8. The van der Waals surface area contributed by atoms with Gasteiger partial charge in [0.25, 0.3) is 0 Å². The van der Waals surface area contributed by atoms with Gasteiger partial charge in [-0.25, -0.2) is 0 Å². The number of aryl methyl sites for hydroxylation is 2. The molecule has 2 aromatic rings. The zero-order chi connectivity index (χ0) is 20.5. The maximum atomic E-state index is 9.04. The molecule has 1 aliphatic heterocycles. The number of nitrogens with zero attached hydrogens (tertiary/aromatic N) is 1. The maximum Gasteiger partial charge on any atom is 0.130 e. The van der Waals surface area contributed by atoms with Gasteiger partial charge in [0.1, 0.15) is 17.3 Å². The van der Waals surface area contributed by atoms with Crippen molar-refractivity contribution in [3.05, 3.63) is 59.2 Å².